The monoisotopic (exact) mass is 474 g/mol. The predicted octanol–water partition coefficient (Wildman–Crippen LogP) is -1.87. The molecule has 2 atom stereocenters. The minimum Gasteiger partial charge on any atom is -0.408 e. The first-order valence-electron chi connectivity index (χ1n) is 7.68. The van der Waals surface area contributed by atoms with E-state index in [0.717, 1.165) is 0 Å². The lowest BCUT2D eigenvalue weighted by atomic mass is 10.4. The Bertz CT molecular complexity index is 1120. The number of ether oxygens (including phenoxy) is 1. The third-order valence-electron chi connectivity index (χ3n) is 3.62. The molecule has 2 unspecified atom stereocenters. The van der Waals surface area contributed by atoms with E-state index < -0.39 is 67.1 Å². The molecule has 0 saturated heterocycles. The maximum absolute atomic E-state index is 11.3. The molecule has 0 amide bonds. The summed E-state index contributed by atoms with van der Waals surface area (Å²) in [5, 5.41) is 63.7. The Morgan fingerprint density at radius 2 is 1.09 bits per heavy atom. The fourth-order valence-corrected chi connectivity index (χ4v) is 2.33. The molecule has 2 aromatic heterocycles. The van der Waals surface area contributed by atoms with Crippen LogP contribution in [0.2, 0.25) is 0 Å². The molecule has 25 heteroatoms. The number of hydrogen-bond acceptors (Lipinski definition) is 21. The van der Waals surface area contributed by atoms with Crippen molar-refractivity contribution >= 4 is 23.3 Å². The number of hydroxylamine groups is 2. The van der Waals surface area contributed by atoms with Crippen LogP contribution in [0.1, 0.15) is 0 Å². The van der Waals surface area contributed by atoms with Gasteiger partial charge in [-0.05, 0) is 30.5 Å². The van der Waals surface area contributed by atoms with E-state index >= 15 is 0 Å². The summed E-state index contributed by atoms with van der Waals surface area (Å²) in [5.74, 6) is -5.57. The molecule has 0 N–H and O–H groups in total. The van der Waals surface area contributed by atoms with Gasteiger partial charge in [0.1, 0.15) is 0 Å². The lowest BCUT2D eigenvalue weighted by Gasteiger charge is -2.11. The highest BCUT2D eigenvalue weighted by molar-refractivity contribution is 5.83. The van der Waals surface area contributed by atoms with Crippen LogP contribution >= 0.6 is 0 Å². The fourth-order valence-electron chi connectivity index (χ4n) is 2.33. The maximum atomic E-state index is 11.3. The second-order valence-corrected chi connectivity index (χ2v) is 5.43. The molecule has 2 aliphatic rings. The average molecular weight is 474 g/mol. The molecule has 0 aliphatic carbocycles. The molecule has 25 nitrogen and oxygen atoms in total. The Hall–Kier alpha value is -5.78. The van der Waals surface area contributed by atoms with E-state index in [2.05, 4.69) is 50.1 Å². The molecule has 2 aliphatic heterocycles. The standard InChI is InChI=1S/C8H2N12O13/c21-17(22)3-7(19(25)26)15(32-11-3)1-5(13-30-9-1)29-6-2(10-31-14-6)16-8(20(27)28)4(12-33-16)18(23)24/h7-8H. The van der Waals surface area contributed by atoms with Gasteiger partial charge in [-0.1, -0.05) is 10.1 Å². The van der Waals surface area contributed by atoms with Crippen molar-refractivity contribution in [2.24, 2.45) is 10.3 Å². The Morgan fingerprint density at radius 3 is 1.42 bits per heavy atom. The summed E-state index contributed by atoms with van der Waals surface area (Å²) in [7, 11) is 0. The summed E-state index contributed by atoms with van der Waals surface area (Å²) < 4.78 is 13.9. The zero-order valence-corrected chi connectivity index (χ0v) is 14.8. The summed E-state index contributed by atoms with van der Waals surface area (Å²) >= 11 is 0. The SMILES string of the molecule is O=[N+]([O-])C1=NON(c2nonc2Oc2nonc2N2ON=C([N+](=O)[O-])C2[N+](=O)[O-])C1[N+](=O)[O-]. The zero-order valence-electron chi connectivity index (χ0n) is 14.8. The molecule has 172 valence electrons. The molecule has 0 spiro atoms. The number of nitro groups is 4. The number of amidine groups is 2. The lowest BCUT2D eigenvalue weighted by molar-refractivity contribution is -0.522. The third kappa shape index (κ3) is 3.30. The van der Waals surface area contributed by atoms with Gasteiger partial charge in [-0.25, -0.2) is 9.26 Å². The van der Waals surface area contributed by atoms with Crippen LogP contribution in [0.5, 0.6) is 11.8 Å². The Kier molecular flexibility index (Phi) is 4.64. The number of rotatable bonds is 6. The first-order chi connectivity index (χ1) is 15.7. The van der Waals surface area contributed by atoms with E-state index in [1.165, 1.54) is 0 Å². The summed E-state index contributed by atoms with van der Waals surface area (Å²) in [6.45, 7) is 0. The van der Waals surface area contributed by atoms with E-state index in [9.17, 15) is 40.5 Å². The Balaban J connectivity index is 1.62. The van der Waals surface area contributed by atoms with E-state index in [4.69, 9.17) is 4.74 Å². The number of oxime groups is 2. The second kappa shape index (κ2) is 7.48. The predicted molar refractivity (Wildman–Crippen MR) is 86.2 cm³/mol. The van der Waals surface area contributed by atoms with Gasteiger partial charge >= 0.3 is 35.8 Å². The number of anilines is 2. The van der Waals surface area contributed by atoms with Gasteiger partial charge in [-0.3, -0.25) is 20.2 Å². The zero-order chi connectivity index (χ0) is 23.9. The topological polar surface area (TPSA) is 309 Å². The van der Waals surface area contributed by atoms with Crippen LogP contribution in [0.25, 0.3) is 0 Å². The summed E-state index contributed by atoms with van der Waals surface area (Å²) in [5.41, 5.74) is 0. The minimum absolute atomic E-state index is 0.192. The molecule has 4 rings (SSSR count). The molecular weight excluding hydrogens is 472 g/mol. The summed E-state index contributed by atoms with van der Waals surface area (Å²) in [6.07, 6.45) is -4.61. The van der Waals surface area contributed by atoms with Gasteiger partial charge in [-0.15, -0.1) is 0 Å². The molecule has 4 heterocycles. The first-order valence-corrected chi connectivity index (χ1v) is 7.68. The molecule has 0 saturated carbocycles. The smallest absolute Gasteiger partial charge is 0.408 e. The van der Waals surface area contributed by atoms with Crippen LogP contribution in [-0.2, 0) is 9.88 Å². The molecule has 0 fully saturated rings. The summed E-state index contributed by atoms with van der Waals surface area (Å²) in [4.78, 5) is 48.8. The van der Waals surface area contributed by atoms with Crippen molar-refractivity contribution in [3.05, 3.63) is 40.5 Å². The van der Waals surface area contributed by atoms with Gasteiger partial charge in [0.25, 0.3) is 11.6 Å². The molecule has 0 radical (unpaired) electrons. The molecule has 33 heavy (non-hydrogen) atoms. The molecular formula is C8H2N12O13. The Morgan fingerprint density at radius 1 is 0.697 bits per heavy atom. The lowest BCUT2D eigenvalue weighted by Crippen LogP contribution is -2.44. The molecule has 2 aromatic rings. The quantitative estimate of drug-likeness (QED) is 0.327. The normalized spacial score (nSPS) is 19.4. The highest BCUT2D eigenvalue weighted by Crippen LogP contribution is 2.36. The highest BCUT2D eigenvalue weighted by atomic mass is 16.8. The van der Waals surface area contributed by atoms with E-state index in [0.29, 0.717) is 0 Å². The Labute approximate surface area is 173 Å². The number of hydrogen-bond donors (Lipinski definition) is 0. The fraction of sp³-hybridized carbons (Fsp3) is 0.250. The first kappa shape index (κ1) is 20.5. The van der Waals surface area contributed by atoms with Gasteiger partial charge in [0.15, 0.2) is 10.3 Å². The molecule has 0 bridgehead atoms. The van der Waals surface area contributed by atoms with Crippen LogP contribution in [0.3, 0.4) is 0 Å². The third-order valence-corrected chi connectivity index (χ3v) is 3.62. The van der Waals surface area contributed by atoms with Crippen LogP contribution in [-0.4, -0.2) is 64.3 Å². The van der Waals surface area contributed by atoms with Crippen LogP contribution in [0.4, 0.5) is 11.6 Å². The van der Waals surface area contributed by atoms with Crippen molar-refractivity contribution in [3.63, 3.8) is 0 Å². The van der Waals surface area contributed by atoms with Crippen LogP contribution in [0.15, 0.2) is 19.6 Å². The average Bonchev–Trinajstić information content (AvgIpc) is 3.52. The maximum Gasteiger partial charge on any atom is 0.488 e. The van der Waals surface area contributed by atoms with Crippen molar-refractivity contribution in [1.29, 1.82) is 0 Å². The van der Waals surface area contributed by atoms with Gasteiger partial charge < -0.3 is 25.0 Å². The van der Waals surface area contributed by atoms with E-state index in [1.54, 1.807) is 0 Å². The van der Waals surface area contributed by atoms with Crippen molar-refractivity contribution < 1.29 is 43.6 Å². The van der Waals surface area contributed by atoms with Crippen molar-refractivity contribution in [3.8, 4) is 11.8 Å². The van der Waals surface area contributed by atoms with Gasteiger partial charge in [-0.2, -0.15) is 9.88 Å². The van der Waals surface area contributed by atoms with Crippen LogP contribution < -0.4 is 14.9 Å². The number of aromatic nitrogens is 4. The van der Waals surface area contributed by atoms with Crippen molar-refractivity contribution in [2.45, 2.75) is 12.3 Å². The van der Waals surface area contributed by atoms with Gasteiger partial charge in [0.2, 0.25) is 0 Å². The summed E-state index contributed by atoms with van der Waals surface area (Å²) in [6, 6.07) is 0. The van der Waals surface area contributed by atoms with Crippen molar-refractivity contribution in [2.75, 3.05) is 10.1 Å². The minimum atomic E-state index is -2.30. The largest absolute Gasteiger partial charge is 0.488 e. The highest BCUT2D eigenvalue weighted by Gasteiger charge is 2.57. The van der Waals surface area contributed by atoms with E-state index in [1.807, 2.05) is 0 Å². The van der Waals surface area contributed by atoms with Crippen LogP contribution in [0, 0.1) is 40.5 Å². The molecule has 0 aromatic carbocycles. The van der Waals surface area contributed by atoms with Crippen molar-refractivity contribution in [1.82, 2.24) is 20.6 Å². The van der Waals surface area contributed by atoms with Gasteiger partial charge in [0, 0.05) is 0 Å². The van der Waals surface area contributed by atoms with Gasteiger partial charge in [0.05, 0.1) is 9.85 Å². The second-order valence-electron chi connectivity index (χ2n) is 5.43. The van der Waals surface area contributed by atoms with E-state index in [-0.39, 0.29) is 10.1 Å². The number of nitrogens with zero attached hydrogens (tertiary/aromatic N) is 12.